The van der Waals surface area contributed by atoms with Gasteiger partial charge in [0.2, 0.25) is 0 Å². The molecule has 1 rings (SSSR count). The molecule has 0 unspecified atom stereocenters. The third kappa shape index (κ3) is 3.38. The molecule has 3 nitrogen and oxygen atoms in total. The molecule has 0 aliphatic rings. The highest BCUT2D eigenvalue weighted by Crippen LogP contribution is 2.32. The highest BCUT2D eigenvalue weighted by molar-refractivity contribution is 5.92. The van der Waals surface area contributed by atoms with Crippen molar-refractivity contribution < 1.29 is 27.4 Å². The van der Waals surface area contributed by atoms with Gasteiger partial charge < -0.3 is 9.47 Å². The number of esters is 1. The van der Waals surface area contributed by atoms with Crippen LogP contribution >= 0.6 is 0 Å². The average molecular weight is 262 g/mol. The number of hydrogen-bond donors (Lipinski definition) is 0. The quantitative estimate of drug-likeness (QED) is 0.781. The summed E-state index contributed by atoms with van der Waals surface area (Å²) in [5.74, 6) is -0.760. The highest BCUT2D eigenvalue weighted by Gasteiger charge is 2.32. The number of rotatable bonds is 4. The number of benzene rings is 1. The predicted molar refractivity (Wildman–Crippen MR) is 58.6 cm³/mol. The molecule has 0 aliphatic carbocycles. The van der Waals surface area contributed by atoms with Crippen LogP contribution in [0.1, 0.15) is 29.3 Å². The fraction of sp³-hybridized carbons (Fsp3) is 0.417. The maximum Gasteiger partial charge on any atom is 0.416 e. The molecular formula is C12H13F3O3. The lowest BCUT2D eigenvalue weighted by molar-refractivity contribution is -0.137. The van der Waals surface area contributed by atoms with E-state index in [1.807, 2.05) is 6.92 Å². The van der Waals surface area contributed by atoms with Crippen LogP contribution in [0.4, 0.5) is 13.2 Å². The molecule has 18 heavy (non-hydrogen) atoms. The Morgan fingerprint density at radius 1 is 1.33 bits per heavy atom. The van der Waals surface area contributed by atoms with Gasteiger partial charge in [-0.2, -0.15) is 13.2 Å². The summed E-state index contributed by atoms with van der Waals surface area (Å²) >= 11 is 0. The first kappa shape index (κ1) is 14.3. The minimum atomic E-state index is -4.51. The summed E-state index contributed by atoms with van der Waals surface area (Å²) in [6.07, 6.45) is -3.83. The predicted octanol–water partition coefficient (Wildman–Crippen LogP) is 3.28. The topological polar surface area (TPSA) is 35.5 Å². The van der Waals surface area contributed by atoms with Crippen LogP contribution in [0.2, 0.25) is 0 Å². The summed E-state index contributed by atoms with van der Waals surface area (Å²) in [4.78, 5) is 11.4. The number of methoxy groups -OCH3 is 1. The summed E-state index contributed by atoms with van der Waals surface area (Å²) < 4.78 is 47.2. The van der Waals surface area contributed by atoms with E-state index in [0.29, 0.717) is 13.0 Å². The van der Waals surface area contributed by atoms with E-state index in [1.54, 1.807) is 0 Å². The smallest absolute Gasteiger partial charge is 0.416 e. The zero-order chi connectivity index (χ0) is 13.8. The summed E-state index contributed by atoms with van der Waals surface area (Å²) in [7, 11) is 1.10. The average Bonchev–Trinajstić information content (AvgIpc) is 2.34. The Balaban J connectivity index is 3.16. The van der Waals surface area contributed by atoms with Gasteiger partial charge in [-0.15, -0.1) is 0 Å². The van der Waals surface area contributed by atoms with Crippen LogP contribution in [0.25, 0.3) is 0 Å². The molecule has 0 amide bonds. The molecule has 0 atom stereocenters. The summed E-state index contributed by atoms with van der Waals surface area (Å²) in [6, 6.07) is 2.74. The van der Waals surface area contributed by atoms with E-state index in [0.717, 1.165) is 25.3 Å². The number of halogens is 3. The van der Waals surface area contributed by atoms with Gasteiger partial charge in [0, 0.05) is 0 Å². The number of ether oxygens (including phenoxy) is 2. The van der Waals surface area contributed by atoms with E-state index in [2.05, 4.69) is 4.74 Å². The SMILES string of the molecule is CCCOc1ccc(C(F)(F)F)cc1C(=O)OC. The van der Waals surface area contributed by atoms with Crippen molar-refractivity contribution in [3.63, 3.8) is 0 Å². The van der Waals surface area contributed by atoms with E-state index in [-0.39, 0.29) is 11.3 Å². The molecule has 0 saturated carbocycles. The first-order valence-corrected chi connectivity index (χ1v) is 5.32. The van der Waals surface area contributed by atoms with E-state index < -0.39 is 17.7 Å². The van der Waals surface area contributed by atoms with Gasteiger partial charge in [-0.1, -0.05) is 6.92 Å². The maximum atomic E-state index is 12.5. The minimum absolute atomic E-state index is 0.0942. The Morgan fingerprint density at radius 3 is 2.50 bits per heavy atom. The summed E-state index contributed by atoms with van der Waals surface area (Å²) in [5, 5.41) is 0. The molecular weight excluding hydrogens is 249 g/mol. The van der Waals surface area contributed by atoms with Crippen molar-refractivity contribution in [1.29, 1.82) is 0 Å². The molecule has 0 aromatic heterocycles. The van der Waals surface area contributed by atoms with Gasteiger partial charge in [-0.25, -0.2) is 4.79 Å². The minimum Gasteiger partial charge on any atom is -0.493 e. The van der Waals surface area contributed by atoms with Gasteiger partial charge in [0.25, 0.3) is 0 Å². The molecule has 100 valence electrons. The normalized spacial score (nSPS) is 11.2. The van der Waals surface area contributed by atoms with Gasteiger partial charge in [-0.3, -0.25) is 0 Å². The van der Waals surface area contributed by atoms with Crippen molar-refractivity contribution in [2.24, 2.45) is 0 Å². The van der Waals surface area contributed by atoms with Crippen molar-refractivity contribution in [2.45, 2.75) is 19.5 Å². The Morgan fingerprint density at radius 2 is 2.00 bits per heavy atom. The first-order chi connectivity index (χ1) is 8.40. The second kappa shape index (κ2) is 5.75. The Hall–Kier alpha value is -1.72. The number of hydrogen-bond acceptors (Lipinski definition) is 3. The number of alkyl halides is 3. The van der Waals surface area contributed by atoms with E-state index in [1.165, 1.54) is 0 Å². The van der Waals surface area contributed by atoms with Crippen molar-refractivity contribution >= 4 is 5.97 Å². The Kier molecular flexibility index (Phi) is 4.58. The van der Waals surface area contributed by atoms with Crippen molar-refractivity contribution in [1.82, 2.24) is 0 Å². The first-order valence-electron chi connectivity index (χ1n) is 5.32. The van der Waals surface area contributed by atoms with Crippen LogP contribution in [0.3, 0.4) is 0 Å². The monoisotopic (exact) mass is 262 g/mol. The Bertz CT molecular complexity index is 427. The third-order valence-corrected chi connectivity index (χ3v) is 2.17. The third-order valence-electron chi connectivity index (χ3n) is 2.17. The number of carbonyl (C=O) groups excluding carboxylic acids is 1. The van der Waals surface area contributed by atoms with Gasteiger partial charge in [0.1, 0.15) is 11.3 Å². The largest absolute Gasteiger partial charge is 0.493 e. The van der Waals surface area contributed by atoms with Crippen LogP contribution in [0.15, 0.2) is 18.2 Å². The molecule has 0 N–H and O–H groups in total. The van der Waals surface area contributed by atoms with Gasteiger partial charge in [-0.05, 0) is 24.6 Å². The molecule has 1 aromatic rings. The zero-order valence-electron chi connectivity index (χ0n) is 10.0. The second-order valence-corrected chi connectivity index (χ2v) is 3.55. The van der Waals surface area contributed by atoms with Crippen LogP contribution in [-0.2, 0) is 10.9 Å². The van der Waals surface area contributed by atoms with Gasteiger partial charge in [0.05, 0.1) is 19.3 Å². The lowest BCUT2D eigenvalue weighted by Crippen LogP contribution is -2.11. The van der Waals surface area contributed by atoms with Crippen molar-refractivity contribution in [3.8, 4) is 5.75 Å². The molecule has 0 bridgehead atoms. The maximum absolute atomic E-state index is 12.5. The van der Waals surface area contributed by atoms with Crippen LogP contribution in [0, 0.1) is 0 Å². The van der Waals surface area contributed by atoms with Gasteiger partial charge in [0.15, 0.2) is 0 Å². The van der Waals surface area contributed by atoms with Crippen LogP contribution < -0.4 is 4.74 Å². The zero-order valence-corrected chi connectivity index (χ0v) is 10.0. The van der Waals surface area contributed by atoms with E-state index in [4.69, 9.17) is 4.74 Å². The highest BCUT2D eigenvalue weighted by atomic mass is 19.4. The fourth-order valence-corrected chi connectivity index (χ4v) is 1.31. The molecule has 0 fully saturated rings. The van der Waals surface area contributed by atoms with Crippen molar-refractivity contribution in [2.75, 3.05) is 13.7 Å². The van der Waals surface area contributed by atoms with E-state index in [9.17, 15) is 18.0 Å². The second-order valence-electron chi connectivity index (χ2n) is 3.55. The standard InChI is InChI=1S/C12H13F3O3/c1-3-6-18-10-5-4-8(12(13,14)15)7-9(10)11(16)17-2/h4-5,7H,3,6H2,1-2H3. The molecule has 0 heterocycles. The van der Waals surface area contributed by atoms with Crippen molar-refractivity contribution in [3.05, 3.63) is 29.3 Å². The summed E-state index contributed by atoms with van der Waals surface area (Å²) in [6.45, 7) is 2.16. The van der Waals surface area contributed by atoms with E-state index >= 15 is 0 Å². The Labute approximate surface area is 103 Å². The molecule has 0 spiro atoms. The molecule has 6 heteroatoms. The molecule has 0 saturated heterocycles. The van der Waals surface area contributed by atoms with Crippen LogP contribution in [-0.4, -0.2) is 19.7 Å². The molecule has 0 radical (unpaired) electrons. The summed E-state index contributed by atoms with van der Waals surface area (Å²) in [5.41, 5.74) is -1.13. The lowest BCUT2D eigenvalue weighted by Gasteiger charge is -2.12. The molecule has 0 aliphatic heterocycles. The van der Waals surface area contributed by atoms with Crippen LogP contribution in [0.5, 0.6) is 5.75 Å². The lowest BCUT2D eigenvalue weighted by atomic mass is 10.1. The molecule has 1 aromatic carbocycles. The fourth-order valence-electron chi connectivity index (χ4n) is 1.31. The number of carbonyl (C=O) groups is 1. The van der Waals surface area contributed by atoms with Gasteiger partial charge >= 0.3 is 12.1 Å².